The zero-order chi connectivity index (χ0) is 9.97. The van der Waals surface area contributed by atoms with Crippen molar-refractivity contribution in [2.45, 2.75) is 5.88 Å². The highest BCUT2D eigenvalue weighted by molar-refractivity contribution is 6.29. The van der Waals surface area contributed by atoms with E-state index in [1.54, 1.807) is 18.2 Å². The number of aromatic nitrogens is 2. The molecule has 2 rings (SSSR count). The predicted molar refractivity (Wildman–Crippen MR) is 54.3 cm³/mol. The number of nitrogens with zero attached hydrogens (tertiary/aromatic N) is 2. The second-order valence-corrected chi connectivity index (χ2v) is 3.28. The molecule has 0 aliphatic carbocycles. The Bertz CT molecular complexity index is 442. The number of rotatable bonds is 2. The third-order valence-electron chi connectivity index (χ3n) is 1.62. The minimum atomic E-state index is 0.323. The molecule has 0 radical (unpaired) electrons. The number of hydrogen-bond acceptors (Lipinski definition) is 3. The molecule has 72 valence electrons. The topological polar surface area (TPSA) is 38.9 Å². The van der Waals surface area contributed by atoms with Crippen molar-refractivity contribution in [3.63, 3.8) is 0 Å². The molecule has 0 aliphatic rings. The van der Waals surface area contributed by atoms with Crippen LogP contribution in [0.25, 0.3) is 11.6 Å². The maximum absolute atomic E-state index is 5.73. The van der Waals surface area contributed by atoms with Crippen LogP contribution in [0.1, 0.15) is 5.69 Å². The molecule has 0 amide bonds. The molecule has 2 heterocycles. The van der Waals surface area contributed by atoms with Crippen LogP contribution >= 0.6 is 23.2 Å². The van der Waals surface area contributed by atoms with Gasteiger partial charge in [0, 0.05) is 0 Å². The van der Waals surface area contributed by atoms with Gasteiger partial charge in [-0.05, 0) is 12.1 Å². The van der Waals surface area contributed by atoms with Crippen molar-refractivity contribution >= 4 is 23.2 Å². The van der Waals surface area contributed by atoms with Crippen LogP contribution in [0, 0.1) is 0 Å². The SMILES string of the molecule is ClCc1coc(-c2cccc(Cl)n2)n1. The third kappa shape index (κ3) is 1.89. The van der Waals surface area contributed by atoms with E-state index >= 15 is 0 Å². The summed E-state index contributed by atoms with van der Waals surface area (Å²) in [7, 11) is 0. The van der Waals surface area contributed by atoms with Gasteiger partial charge in [-0.3, -0.25) is 0 Å². The summed E-state index contributed by atoms with van der Waals surface area (Å²) >= 11 is 11.3. The lowest BCUT2D eigenvalue weighted by Gasteiger charge is -1.93. The summed E-state index contributed by atoms with van der Waals surface area (Å²) in [6.45, 7) is 0. The molecule has 0 spiro atoms. The average molecular weight is 229 g/mol. The lowest BCUT2D eigenvalue weighted by molar-refractivity contribution is 0.571. The van der Waals surface area contributed by atoms with Gasteiger partial charge in [-0.2, -0.15) is 0 Å². The Kier molecular flexibility index (Phi) is 2.70. The minimum Gasteiger partial charge on any atom is -0.443 e. The number of hydrogen-bond donors (Lipinski definition) is 0. The average Bonchev–Trinajstić information content (AvgIpc) is 2.66. The minimum absolute atomic E-state index is 0.323. The summed E-state index contributed by atoms with van der Waals surface area (Å²) in [5.41, 5.74) is 1.29. The molecule has 0 N–H and O–H groups in total. The van der Waals surface area contributed by atoms with Gasteiger partial charge in [0.1, 0.15) is 17.1 Å². The number of halogens is 2. The Morgan fingerprint density at radius 3 is 2.79 bits per heavy atom. The van der Waals surface area contributed by atoms with E-state index in [1.165, 1.54) is 6.26 Å². The standard InChI is InChI=1S/C9H6Cl2N2O/c10-4-6-5-14-9(12-6)7-2-1-3-8(11)13-7/h1-3,5H,4H2. The Labute approximate surface area is 90.7 Å². The Morgan fingerprint density at radius 2 is 2.14 bits per heavy atom. The summed E-state index contributed by atoms with van der Waals surface area (Å²) in [5.74, 6) is 0.757. The van der Waals surface area contributed by atoms with Crippen molar-refractivity contribution in [1.29, 1.82) is 0 Å². The molecule has 0 saturated heterocycles. The molecule has 14 heavy (non-hydrogen) atoms. The molecule has 0 aliphatic heterocycles. The molecule has 0 fully saturated rings. The molecule has 0 bridgehead atoms. The molecule has 3 nitrogen and oxygen atoms in total. The fourth-order valence-corrected chi connectivity index (χ4v) is 1.30. The second kappa shape index (κ2) is 3.98. The first kappa shape index (κ1) is 9.49. The highest BCUT2D eigenvalue weighted by Gasteiger charge is 2.07. The van der Waals surface area contributed by atoms with Gasteiger partial charge in [0.15, 0.2) is 0 Å². The maximum atomic E-state index is 5.73. The molecule has 0 saturated carbocycles. The van der Waals surface area contributed by atoms with E-state index in [9.17, 15) is 0 Å². The van der Waals surface area contributed by atoms with Crippen LogP contribution in [0.2, 0.25) is 5.15 Å². The Hall–Kier alpha value is -1.06. The van der Waals surface area contributed by atoms with Crippen LogP contribution in [0.15, 0.2) is 28.9 Å². The molecule has 0 aromatic carbocycles. The van der Waals surface area contributed by atoms with E-state index < -0.39 is 0 Å². The van der Waals surface area contributed by atoms with Crippen molar-refractivity contribution < 1.29 is 4.42 Å². The number of alkyl halides is 1. The number of oxazole rings is 1. The molecule has 2 aromatic heterocycles. The molecular formula is C9H6Cl2N2O. The smallest absolute Gasteiger partial charge is 0.245 e. The quantitative estimate of drug-likeness (QED) is 0.586. The van der Waals surface area contributed by atoms with Gasteiger partial charge in [-0.25, -0.2) is 9.97 Å². The van der Waals surface area contributed by atoms with Crippen LogP contribution in [-0.2, 0) is 5.88 Å². The van der Waals surface area contributed by atoms with E-state index in [4.69, 9.17) is 27.6 Å². The number of pyridine rings is 1. The van der Waals surface area contributed by atoms with Gasteiger partial charge in [0.25, 0.3) is 0 Å². The van der Waals surface area contributed by atoms with E-state index in [2.05, 4.69) is 9.97 Å². The summed E-state index contributed by atoms with van der Waals surface area (Å²) in [6, 6.07) is 5.25. The van der Waals surface area contributed by atoms with Gasteiger partial charge in [0.05, 0.1) is 11.6 Å². The van der Waals surface area contributed by atoms with Crippen molar-refractivity contribution in [1.82, 2.24) is 9.97 Å². The van der Waals surface area contributed by atoms with E-state index in [0.717, 1.165) is 0 Å². The molecular weight excluding hydrogens is 223 g/mol. The zero-order valence-corrected chi connectivity index (χ0v) is 8.59. The van der Waals surface area contributed by atoms with Crippen LogP contribution in [0.3, 0.4) is 0 Å². The van der Waals surface area contributed by atoms with E-state index in [0.29, 0.717) is 28.3 Å². The van der Waals surface area contributed by atoms with Crippen molar-refractivity contribution in [3.8, 4) is 11.6 Å². The van der Waals surface area contributed by atoms with Gasteiger partial charge in [-0.15, -0.1) is 11.6 Å². The fraction of sp³-hybridized carbons (Fsp3) is 0.111. The first-order valence-electron chi connectivity index (χ1n) is 3.93. The van der Waals surface area contributed by atoms with Crippen LogP contribution in [0.5, 0.6) is 0 Å². The molecule has 0 unspecified atom stereocenters. The lowest BCUT2D eigenvalue weighted by atomic mass is 10.3. The first-order chi connectivity index (χ1) is 6.79. The van der Waals surface area contributed by atoms with Crippen LogP contribution in [0.4, 0.5) is 0 Å². The highest BCUT2D eigenvalue weighted by Crippen LogP contribution is 2.18. The van der Waals surface area contributed by atoms with Crippen molar-refractivity contribution in [3.05, 3.63) is 35.3 Å². The Morgan fingerprint density at radius 1 is 1.29 bits per heavy atom. The van der Waals surface area contributed by atoms with Gasteiger partial charge in [0.2, 0.25) is 5.89 Å². The van der Waals surface area contributed by atoms with Gasteiger partial charge in [-0.1, -0.05) is 17.7 Å². The van der Waals surface area contributed by atoms with Gasteiger partial charge >= 0.3 is 0 Å². The molecule has 2 aromatic rings. The van der Waals surface area contributed by atoms with Crippen LogP contribution in [-0.4, -0.2) is 9.97 Å². The second-order valence-electron chi connectivity index (χ2n) is 2.62. The van der Waals surface area contributed by atoms with Crippen molar-refractivity contribution in [2.75, 3.05) is 0 Å². The van der Waals surface area contributed by atoms with Crippen LogP contribution < -0.4 is 0 Å². The Balaban J connectivity index is 2.39. The zero-order valence-electron chi connectivity index (χ0n) is 7.08. The monoisotopic (exact) mass is 228 g/mol. The summed E-state index contributed by atoms with van der Waals surface area (Å²) in [5, 5.41) is 0.410. The summed E-state index contributed by atoms with van der Waals surface area (Å²) in [6.07, 6.45) is 1.50. The third-order valence-corrected chi connectivity index (χ3v) is 2.11. The largest absolute Gasteiger partial charge is 0.443 e. The summed E-state index contributed by atoms with van der Waals surface area (Å²) in [4.78, 5) is 8.18. The highest BCUT2D eigenvalue weighted by atomic mass is 35.5. The van der Waals surface area contributed by atoms with Crippen molar-refractivity contribution in [2.24, 2.45) is 0 Å². The molecule has 0 atom stereocenters. The van der Waals surface area contributed by atoms with E-state index in [-0.39, 0.29) is 0 Å². The normalized spacial score (nSPS) is 10.4. The molecule has 5 heteroatoms. The lowest BCUT2D eigenvalue weighted by Crippen LogP contribution is -1.84. The summed E-state index contributed by atoms with van der Waals surface area (Å²) < 4.78 is 5.18. The predicted octanol–water partition coefficient (Wildman–Crippen LogP) is 3.13. The van der Waals surface area contributed by atoms with Gasteiger partial charge < -0.3 is 4.42 Å². The maximum Gasteiger partial charge on any atom is 0.245 e. The fourth-order valence-electron chi connectivity index (χ4n) is 1.01. The first-order valence-corrected chi connectivity index (χ1v) is 4.84. The van der Waals surface area contributed by atoms with E-state index in [1.807, 2.05) is 0 Å².